The van der Waals surface area contributed by atoms with E-state index in [9.17, 15) is 0 Å². The van der Waals surface area contributed by atoms with Gasteiger partial charge in [0.25, 0.3) is 0 Å². The standard InChI is InChI=1S/C4H9NS/c1-4(6)5-2-3-5/h4,6H,2-3H2,1H3. The van der Waals surface area contributed by atoms with E-state index in [1.807, 2.05) is 0 Å². The summed E-state index contributed by atoms with van der Waals surface area (Å²) in [6.07, 6.45) is 0. The van der Waals surface area contributed by atoms with E-state index in [4.69, 9.17) is 0 Å². The van der Waals surface area contributed by atoms with Crippen LogP contribution in [-0.2, 0) is 0 Å². The highest BCUT2D eigenvalue weighted by atomic mass is 32.1. The van der Waals surface area contributed by atoms with Crippen molar-refractivity contribution in [3.05, 3.63) is 0 Å². The summed E-state index contributed by atoms with van der Waals surface area (Å²) in [6.45, 7) is 4.60. The first-order valence-corrected chi connectivity index (χ1v) is 2.74. The zero-order valence-corrected chi connectivity index (χ0v) is 4.78. The number of rotatable bonds is 1. The van der Waals surface area contributed by atoms with Crippen molar-refractivity contribution in [1.29, 1.82) is 0 Å². The summed E-state index contributed by atoms with van der Waals surface area (Å²) in [5.74, 6) is 0. The Balaban J connectivity index is 2.13. The average Bonchev–Trinajstić information content (AvgIpc) is 2.06. The van der Waals surface area contributed by atoms with Crippen LogP contribution in [0.25, 0.3) is 0 Å². The Bertz CT molecular complexity index is 49.5. The molecule has 0 N–H and O–H groups in total. The molecule has 0 aromatic rings. The van der Waals surface area contributed by atoms with E-state index in [1.54, 1.807) is 0 Å². The molecule has 1 rings (SSSR count). The lowest BCUT2D eigenvalue weighted by atomic mass is 10.8. The summed E-state index contributed by atoms with van der Waals surface area (Å²) in [4.78, 5) is 2.28. The normalized spacial score (nSPS) is 27.0. The van der Waals surface area contributed by atoms with Crippen LogP contribution in [0.4, 0.5) is 0 Å². The zero-order valence-electron chi connectivity index (χ0n) is 3.89. The molecule has 0 saturated carbocycles. The molecule has 0 aromatic carbocycles. The third kappa shape index (κ3) is 0.884. The third-order valence-electron chi connectivity index (χ3n) is 1.01. The first-order valence-electron chi connectivity index (χ1n) is 2.23. The maximum Gasteiger partial charge on any atom is 0.0500 e. The summed E-state index contributed by atoms with van der Waals surface area (Å²) in [5, 5.41) is 0.491. The van der Waals surface area contributed by atoms with Gasteiger partial charge in [-0.1, -0.05) is 0 Å². The second-order valence-corrected chi connectivity index (χ2v) is 2.42. The molecule has 1 saturated heterocycles. The quantitative estimate of drug-likeness (QED) is 0.375. The first kappa shape index (κ1) is 4.47. The van der Waals surface area contributed by atoms with E-state index in [0.29, 0.717) is 5.37 Å². The van der Waals surface area contributed by atoms with E-state index < -0.39 is 0 Å². The van der Waals surface area contributed by atoms with Gasteiger partial charge in [0.2, 0.25) is 0 Å². The fourth-order valence-electron chi connectivity index (χ4n) is 0.431. The minimum absolute atomic E-state index is 0.491. The minimum atomic E-state index is 0.491. The molecule has 1 aliphatic rings. The van der Waals surface area contributed by atoms with E-state index in [2.05, 4.69) is 24.5 Å². The molecule has 1 atom stereocenters. The molecular weight excluding hydrogens is 94.1 g/mol. The molecule has 2 heteroatoms. The van der Waals surface area contributed by atoms with Crippen LogP contribution in [0.2, 0.25) is 0 Å². The van der Waals surface area contributed by atoms with Gasteiger partial charge in [-0.15, -0.1) is 0 Å². The Hall–Kier alpha value is 0.310. The van der Waals surface area contributed by atoms with E-state index in [0.717, 1.165) is 0 Å². The molecule has 0 bridgehead atoms. The minimum Gasteiger partial charge on any atom is -0.289 e. The van der Waals surface area contributed by atoms with Gasteiger partial charge in [0.05, 0.1) is 0 Å². The molecule has 6 heavy (non-hydrogen) atoms. The summed E-state index contributed by atoms with van der Waals surface area (Å²) in [7, 11) is 0. The fraction of sp³-hybridized carbons (Fsp3) is 1.00. The van der Waals surface area contributed by atoms with Crippen LogP contribution >= 0.6 is 12.6 Å². The molecule has 0 aromatic heterocycles. The summed E-state index contributed by atoms with van der Waals surface area (Å²) in [5.41, 5.74) is 0. The van der Waals surface area contributed by atoms with Gasteiger partial charge in [0.1, 0.15) is 0 Å². The summed E-state index contributed by atoms with van der Waals surface area (Å²) >= 11 is 4.18. The Labute approximate surface area is 43.7 Å². The van der Waals surface area contributed by atoms with Crippen molar-refractivity contribution >= 4 is 12.6 Å². The lowest BCUT2D eigenvalue weighted by Gasteiger charge is -1.98. The lowest BCUT2D eigenvalue weighted by molar-refractivity contribution is 0.556. The highest BCUT2D eigenvalue weighted by molar-refractivity contribution is 7.80. The zero-order chi connectivity index (χ0) is 4.57. The number of nitrogens with zero attached hydrogens (tertiary/aromatic N) is 1. The Morgan fingerprint density at radius 3 is 2.17 bits per heavy atom. The molecule has 0 aliphatic carbocycles. The Morgan fingerprint density at radius 2 is 2.17 bits per heavy atom. The fourth-order valence-corrected chi connectivity index (χ4v) is 0.662. The average molecular weight is 103 g/mol. The largest absolute Gasteiger partial charge is 0.289 e. The van der Waals surface area contributed by atoms with Crippen molar-refractivity contribution in [2.24, 2.45) is 0 Å². The van der Waals surface area contributed by atoms with E-state index >= 15 is 0 Å². The molecule has 1 unspecified atom stereocenters. The van der Waals surface area contributed by atoms with Gasteiger partial charge in [-0.3, -0.25) is 4.90 Å². The second-order valence-electron chi connectivity index (χ2n) is 1.67. The van der Waals surface area contributed by atoms with Crippen molar-refractivity contribution in [2.45, 2.75) is 12.3 Å². The van der Waals surface area contributed by atoms with Crippen LogP contribution < -0.4 is 0 Å². The molecule has 1 fully saturated rings. The van der Waals surface area contributed by atoms with Crippen molar-refractivity contribution in [1.82, 2.24) is 4.90 Å². The van der Waals surface area contributed by atoms with Crippen LogP contribution in [0, 0.1) is 0 Å². The van der Waals surface area contributed by atoms with E-state index in [1.165, 1.54) is 13.1 Å². The Kier molecular flexibility index (Phi) is 1.06. The Morgan fingerprint density at radius 1 is 1.67 bits per heavy atom. The highest BCUT2D eigenvalue weighted by Gasteiger charge is 2.19. The van der Waals surface area contributed by atoms with Crippen LogP contribution in [0.5, 0.6) is 0 Å². The van der Waals surface area contributed by atoms with Crippen LogP contribution in [0.1, 0.15) is 6.92 Å². The molecule has 0 radical (unpaired) electrons. The molecule has 1 aliphatic heterocycles. The van der Waals surface area contributed by atoms with Crippen LogP contribution in [0.15, 0.2) is 0 Å². The van der Waals surface area contributed by atoms with Gasteiger partial charge < -0.3 is 0 Å². The highest BCUT2D eigenvalue weighted by Crippen LogP contribution is 2.11. The monoisotopic (exact) mass is 103 g/mol. The molecule has 0 amide bonds. The first-order chi connectivity index (χ1) is 2.80. The second kappa shape index (κ2) is 1.43. The molecular formula is C4H9NS. The van der Waals surface area contributed by atoms with E-state index in [-0.39, 0.29) is 0 Å². The molecule has 1 nitrogen and oxygen atoms in total. The lowest BCUT2D eigenvalue weighted by Crippen LogP contribution is -2.03. The van der Waals surface area contributed by atoms with Gasteiger partial charge in [0.15, 0.2) is 0 Å². The van der Waals surface area contributed by atoms with Crippen LogP contribution in [-0.4, -0.2) is 23.4 Å². The molecule has 0 spiro atoms. The summed E-state index contributed by atoms with van der Waals surface area (Å²) < 4.78 is 0. The topological polar surface area (TPSA) is 3.01 Å². The smallest absolute Gasteiger partial charge is 0.0500 e. The van der Waals surface area contributed by atoms with Crippen LogP contribution in [0.3, 0.4) is 0 Å². The number of thiol groups is 1. The van der Waals surface area contributed by atoms with Crippen molar-refractivity contribution in [3.63, 3.8) is 0 Å². The van der Waals surface area contributed by atoms with Gasteiger partial charge in [-0.2, -0.15) is 12.6 Å². The molecule has 1 heterocycles. The van der Waals surface area contributed by atoms with Crippen molar-refractivity contribution in [2.75, 3.05) is 13.1 Å². The molecule has 36 valence electrons. The maximum absolute atomic E-state index is 4.18. The van der Waals surface area contributed by atoms with Crippen molar-refractivity contribution in [3.8, 4) is 0 Å². The predicted molar refractivity (Wildman–Crippen MR) is 30.0 cm³/mol. The summed E-state index contributed by atoms with van der Waals surface area (Å²) in [6, 6.07) is 0. The van der Waals surface area contributed by atoms with Gasteiger partial charge in [0, 0.05) is 18.5 Å². The van der Waals surface area contributed by atoms with Gasteiger partial charge in [-0.05, 0) is 6.92 Å². The maximum atomic E-state index is 4.18. The third-order valence-corrected chi connectivity index (χ3v) is 1.34. The van der Waals surface area contributed by atoms with Gasteiger partial charge in [-0.25, -0.2) is 0 Å². The number of hydrogen-bond donors (Lipinski definition) is 1. The SMILES string of the molecule is CC(S)N1CC1. The predicted octanol–water partition coefficient (Wildman–Crippen LogP) is 0.578. The van der Waals surface area contributed by atoms with Crippen molar-refractivity contribution < 1.29 is 0 Å². The van der Waals surface area contributed by atoms with Gasteiger partial charge >= 0.3 is 0 Å². The number of hydrogen-bond acceptors (Lipinski definition) is 2.